The maximum Gasteiger partial charge on any atom is 0.432 e. The second-order valence-electron chi connectivity index (χ2n) is 9.12. The molecule has 1 N–H and O–H groups in total. The number of nitrogens with one attached hydrogen (secondary N) is 1. The molecule has 198 valence electrons. The molecule has 1 atom stereocenters. The molecule has 0 spiro atoms. The van der Waals surface area contributed by atoms with Gasteiger partial charge in [-0.3, -0.25) is 4.79 Å². The molecule has 2 aromatic heterocycles. The van der Waals surface area contributed by atoms with Crippen molar-refractivity contribution >= 4 is 34.5 Å². The Morgan fingerprint density at radius 2 is 1.84 bits per heavy atom. The lowest BCUT2D eigenvalue weighted by Gasteiger charge is -2.37. The Labute approximate surface area is 215 Å². The molecule has 0 bridgehead atoms. The number of aromatic nitrogens is 2. The van der Waals surface area contributed by atoms with Crippen LogP contribution in [0.3, 0.4) is 0 Å². The summed E-state index contributed by atoms with van der Waals surface area (Å²) in [6, 6.07) is 3.55. The van der Waals surface area contributed by atoms with Gasteiger partial charge < -0.3 is 5.32 Å². The number of carbonyl (C=O) groups is 1. The minimum Gasteiger partial charge on any atom is -0.334 e. The molecule has 5 nitrogen and oxygen atoms in total. The van der Waals surface area contributed by atoms with Crippen molar-refractivity contribution < 1.29 is 35.5 Å². The number of thiophene rings is 1. The van der Waals surface area contributed by atoms with Crippen molar-refractivity contribution in [3.05, 3.63) is 45.6 Å². The number of allylic oxidation sites excluding steroid dienone is 4. The van der Waals surface area contributed by atoms with Gasteiger partial charge in [0.2, 0.25) is 0 Å². The third-order valence-electron chi connectivity index (χ3n) is 6.44. The predicted octanol–water partition coefficient (Wildman–Crippen LogP) is 7.08. The maximum absolute atomic E-state index is 14.6. The number of carbonyl (C=O) groups excluding carboxylic acids is 1. The van der Waals surface area contributed by atoms with Crippen LogP contribution in [0.5, 0.6) is 0 Å². The fourth-order valence-corrected chi connectivity index (χ4v) is 5.57. The van der Waals surface area contributed by atoms with Gasteiger partial charge in [-0.15, -0.1) is 11.3 Å². The fraction of sp³-hybridized carbons (Fsp3) is 0.435. The van der Waals surface area contributed by atoms with E-state index in [0.717, 1.165) is 11.3 Å². The average molecular weight is 567 g/mol. The lowest BCUT2D eigenvalue weighted by atomic mass is 9.78. The summed E-state index contributed by atoms with van der Waals surface area (Å²) in [4.78, 5) is 13.1. The second-order valence-corrected chi connectivity index (χ2v) is 10.8. The zero-order valence-corrected chi connectivity index (χ0v) is 20.8. The quantitative estimate of drug-likeness (QED) is 0.393. The first kappa shape index (κ1) is 27.2. The van der Waals surface area contributed by atoms with Crippen molar-refractivity contribution in [1.82, 2.24) is 15.1 Å². The molecule has 0 radical (unpaired) electrons. The van der Waals surface area contributed by atoms with Gasteiger partial charge in [0.05, 0.1) is 23.5 Å². The Kier molecular flexibility index (Phi) is 6.52. The van der Waals surface area contributed by atoms with Gasteiger partial charge in [0.25, 0.3) is 5.91 Å². The summed E-state index contributed by atoms with van der Waals surface area (Å²) < 4.78 is 95.5. The molecule has 0 aliphatic heterocycles. The normalized spacial score (nSPS) is 19.9. The van der Waals surface area contributed by atoms with Crippen LogP contribution in [0, 0.1) is 17.2 Å². The van der Waals surface area contributed by atoms with Gasteiger partial charge in [-0.25, -0.2) is 9.07 Å². The number of halogens is 8. The van der Waals surface area contributed by atoms with E-state index in [2.05, 4.69) is 10.4 Å². The first-order chi connectivity index (χ1) is 17.0. The molecule has 0 aromatic carbocycles. The SMILES string of the molecule is CC1=CC(C(F)(C(F)(F)F)C(F)(F)F)CC(C)=C1n1cc(-c2cc(C(=O)NC3(C#N)CC3)c(Cl)s2)cn1. The molecular weight excluding hydrogens is 549 g/mol. The monoisotopic (exact) mass is 566 g/mol. The van der Waals surface area contributed by atoms with Crippen molar-refractivity contribution in [3.63, 3.8) is 0 Å². The summed E-state index contributed by atoms with van der Waals surface area (Å²) in [7, 11) is 0. The highest BCUT2D eigenvalue weighted by molar-refractivity contribution is 7.19. The molecule has 1 amide bonds. The van der Waals surface area contributed by atoms with Crippen molar-refractivity contribution in [1.29, 1.82) is 5.26 Å². The van der Waals surface area contributed by atoms with Crippen LogP contribution in [0.4, 0.5) is 30.7 Å². The summed E-state index contributed by atoms with van der Waals surface area (Å²) in [5.41, 5.74) is -5.34. The first-order valence-corrected chi connectivity index (χ1v) is 12.0. The average Bonchev–Trinajstić information content (AvgIpc) is 3.19. The van der Waals surface area contributed by atoms with Crippen LogP contribution < -0.4 is 5.32 Å². The molecule has 1 unspecified atom stereocenters. The van der Waals surface area contributed by atoms with E-state index < -0.39 is 41.8 Å². The maximum atomic E-state index is 14.6. The molecular formula is C23H18ClF7N4OS. The van der Waals surface area contributed by atoms with Gasteiger partial charge in [-0.1, -0.05) is 17.7 Å². The zero-order valence-electron chi connectivity index (χ0n) is 19.2. The van der Waals surface area contributed by atoms with Crippen LogP contribution in [-0.4, -0.2) is 39.2 Å². The highest BCUT2D eigenvalue weighted by Gasteiger charge is 2.75. The van der Waals surface area contributed by atoms with Gasteiger partial charge in [-0.05, 0) is 50.3 Å². The van der Waals surface area contributed by atoms with E-state index in [4.69, 9.17) is 16.9 Å². The van der Waals surface area contributed by atoms with E-state index in [1.165, 1.54) is 37.0 Å². The standard InChI is InChI=1S/C23H18ClF7N4OS/c1-11-5-14(21(25,22(26,27)28)23(29,30)31)6-12(2)17(11)35-9-13(8-33-35)16-7-15(18(24)37-16)19(36)34-20(10-32)3-4-20/h5,7-9,14H,3-4,6H2,1-2H3,(H,34,36). The van der Waals surface area contributed by atoms with Crippen molar-refractivity contribution in [2.75, 3.05) is 0 Å². The van der Waals surface area contributed by atoms with Crippen LogP contribution in [-0.2, 0) is 0 Å². The number of alkyl halides is 7. The minimum atomic E-state index is -6.15. The van der Waals surface area contributed by atoms with Gasteiger partial charge in [0.15, 0.2) is 0 Å². The number of amides is 1. The second kappa shape index (κ2) is 8.87. The Bertz CT molecular complexity index is 1340. The Morgan fingerprint density at radius 3 is 2.35 bits per heavy atom. The van der Waals surface area contributed by atoms with E-state index in [-0.39, 0.29) is 26.7 Å². The zero-order chi connectivity index (χ0) is 27.6. The van der Waals surface area contributed by atoms with E-state index in [9.17, 15) is 35.5 Å². The smallest absolute Gasteiger partial charge is 0.334 e. The van der Waals surface area contributed by atoms with Gasteiger partial charge >= 0.3 is 18.0 Å². The summed E-state index contributed by atoms with van der Waals surface area (Å²) in [5, 5.41) is 16.0. The van der Waals surface area contributed by atoms with Crippen LogP contribution >= 0.6 is 22.9 Å². The molecule has 1 saturated carbocycles. The third-order valence-corrected chi connectivity index (χ3v) is 7.84. The Hall–Kier alpha value is -2.85. The highest BCUT2D eigenvalue weighted by atomic mass is 35.5. The molecule has 2 heterocycles. The molecule has 2 aromatic rings. The number of nitriles is 1. The molecule has 0 saturated heterocycles. The van der Waals surface area contributed by atoms with E-state index >= 15 is 0 Å². The number of nitrogens with zero attached hydrogens (tertiary/aromatic N) is 3. The number of hydrogen-bond donors (Lipinski definition) is 1. The third kappa shape index (κ3) is 4.65. The molecule has 1 fully saturated rings. The molecule has 4 rings (SSSR count). The van der Waals surface area contributed by atoms with Gasteiger partial charge in [0, 0.05) is 22.6 Å². The van der Waals surface area contributed by atoms with Gasteiger partial charge in [-0.2, -0.15) is 36.7 Å². The van der Waals surface area contributed by atoms with Crippen LogP contribution in [0.15, 0.2) is 35.7 Å². The van der Waals surface area contributed by atoms with E-state index in [1.54, 1.807) is 0 Å². The predicted molar refractivity (Wildman–Crippen MR) is 122 cm³/mol. The molecule has 2 aliphatic carbocycles. The van der Waals surface area contributed by atoms with E-state index in [1.807, 2.05) is 6.07 Å². The van der Waals surface area contributed by atoms with Crippen molar-refractivity contribution in [2.45, 2.75) is 56.7 Å². The Balaban J connectivity index is 1.61. The van der Waals surface area contributed by atoms with Crippen molar-refractivity contribution in [2.24, 2.45) is 5.92 Å². The molecule has 37 heavy (non-hydrogen) atoms. The summed E-state index contributed by atoms with van der Waals surface area (Å²) in [6.45, 7) is 2.60. The largest absolute Gasteiger partial charge is 0.432 e. The lowest BCUT2D eigenvalue weighted by molar-refractivity contribution is -0.353. The summed E-state index contributed by atoms with van der Waals surface area (Å²) in [6.07, 6.45) is -8.55. The number of hydrogen-bond acceptors (Lipinski definition) is 4. The Morgan fingerprint density at radius 1 is 1.22 bits per heavy atom. The topological polar surface area (TPSA) is 70.7 Å². The molecule has 14 heteroatoms. The first-order valence-electron chi connectivity index (χ1n) is 10.8. The summed E-state index contributed by atoms with van der Waals surface area (Å²) >= 11 is 7.28. The highest BCUT2D eigenvalue weighted by Crippen LogP contribution is 2.54. The molecule has 2 aliphatic rings. The van der Waals surface area contributed by atoms with Gasteiger partial charge in [0.1, 0.15) is 9.88 Å². The van der Waals surface area contributed by atoms with E-state index in [0.29, 0.717) is 29.4 Å². The number of rotatable bonds is 5. The lowest BCUT2D eigenvalue weighted by Crippen LogP contribution is -2.58. The van der Waals surface area contributed by atoms with Crippen LogP contribution in [0.1, 0.15) is 43.5 Å². The fourth-order valence-electron chi connectivity index (χ4n) is 4.33. The van der Waals surface area contributed by atoms with Crippen molar-refractivity contribution in [3.8, 4) is 16.5 Å². The van der Waals surface area contributed by atoms with Crippen LogP contribution in [0.25, 0.3) is 16.1 Å². The summed E-state index contributed by atoms with van der Waals surface area (Å²) in [5.74, 6) is -3.01. The minimum absolute atomic E-state index is 0.00515. The van der Waals surface area contributed by atoms with Crippen LogP contribution in [0.2, 0.25) is 4.34 Å².